The fraction of sp³-hybridized carbons (Fsp3) is 0.353. The maximum atomic E-state index is 12.4. The van der Waals surface area contributed by atoms with E-state index in [4.69, 9.17) is 23.2 Å². The molecule has 2 heterocycles. The van der Waals surface area contributed by atoms with Crippen LogP contribution in [0.2, 0.25) is 10.0 Å². The normalized spacial score (nSPS) is 15.4. The Hall–Kier alpha value is -1.85. The number of benzene rings is 1. The van der Waals surface area contributed by atoms with Crippen LogP contribution in [0.5, 0.6) is 0 Å². The Morgan fingerprint density at radius 3 is 2.54 bits per heavy atom. The quantitative estimate of drug-likeness (QED) is 0.883. The maximum Gasteiger partial charge on any atom is 0.274 e. The van der Waals surface area contributed by atoms with Crippen molar-refractivity contribution >= 4 is 40.7 Å². The van der Waals surface area contributed by atoms with Crippen molar-refractivity contribution in [2.75, 3.05) is 23.3 Å². The molecule has 0 bridgehead atoms. The van der Waals surface area contributed by atoms with E-state index in [1.807, 2.05) is 0 Å². The molecule has 5 nitrogen and oxygen atoms in total. The highest BCUT2D eigenvalue weighted by molar-refractivity contribution is 6.35. The van der Waals surface area contributed by atoms with Crippen LogP contribution in [0.25, 0.3) is 0 Å². The zero-order valence-electron chi connectivity index (χ0n) is 13.3. The number of carbonyl (C=O) groups is 1. The van der Waals surface area contributed by atoms with Gasteiger partial charge in [0.05, 0.1) is 0 Å². The zero-order valence-corrected chi connectivity index (χ0v) is 14.8. The molecule has 0 unspecified atom stereocenters. The molecule has 1 amide bonds. The molecule has 1 aromatic carbocycles. The lowest BCUT2D eigenvalue weighted by Crippen LogP contribution is -2.34. The van der Waals surface area contributed by atoms with E-state index in [1.165, 1.54) is 0 Å². The van der Waals surface area contributed by atoms with Crippen molar-refractivity contribution in [3.8, 4) is 0 Å². The first kappa shape index (κ1) is 17.0. The Bertz CT molecular complexity index is 725. The largest absolute Gasteiger partial charge is 0.341 e. The summed E-state index contributed by atoms with van der Waals surface area (Å²) >= 11 is 11.9. The summed E-state index contributed by atoms with van der Waals surface area (Å²) in [6.07, 6.45) is 3.84. The fourth-order valence-electron chi connectivity index (χ4n) is 2.66. The standard InChI is InChI=1S/C17H18Cl2N4O/c1-11-3-6-23(7-4-11)17-20-5-2-15(22-17)16(24)21-14-9-12(18)8-13(19)10-14/h2,5,8-11H,3-4,6-7H2,1H3,(H,21,24). The third-order valence-corrected chi connectivity index (χ3v) is 4.50. The van der Waals surface area contributed by atoms with Gasteiger partial charge >= 0.3 is 0 Å². The van der Waals surface area contributed by atoms with E-state index in [0.29, 0.717) is 27.4 Å². The van der Waals surface area contributed by atoms with Crippen LogP contribution in [0.4, 0.5) is 11.6 Å². The molecule has 3 rings (SSSR count). The van der Waals surface area contributed by atoms with E-state index < -0.39 is 0 Å². The molecular formula is C17H18Cl2N4O. The third kappa shape index (κ3) is 4.16. The number of nitrogens with zero attached hydrogens (tertiary/aromatic N) is 3. The minimum absolute atomic E-state index is 0.315. The van der Waals surface area contributed by atoms with E-state index in [2.05, 4.69) is 27.1 Å². The predicted molar refractivity (Wildman–Crippen MR) is 97.1 cm³/mol. The summed E-state index contributed by atoms with van der Waals surface area (Å²) in [6.45, 7) is 4.07. The van der Waals surface area contributed by atoms with Gasteiger partial charge in [0.2, 0.25) is 5.95 Å². The Morgan fingerprint density at radius 1 is 1.21 bits per heavy atom. The highest BCUT2D eigenvalue weighted by Crippen LogP contribution is 2.23. The number of piperidine rings is 1. The number of aromatic nitrogens is 2. The second-order valence-electron chi connectivity index (χ2n) is 6.02. The van der Waals surface area contributed by atoms with Gasteiger partial charge in [-0.2, -0.15) is 0 Å². The minimum Gasteiger partial charge on any atom is -0.341 e. The molecule has 0 radical (unpaired) electrons. The van der Waals surface area contributed by atoms with Crippen molar-refractivity contribution in [2.45, 2.75) is 19.8 Å². The molecule has 0 atom stereocenters. The monoisotopic (exact) mass is 364 g/mol. The van der Waals surface area contributed by atoms with Crippen molar-refractivity contribution < 1.29 is 4.79 Å². The lowest BCUT2D eigenvalue weighted by molar-refractivity contribution is 0.102. The average Bonchev–Trinajstić information content (AvgIpc) is 2.54. The molecule has 1 N–H and O–H groups in total. The Morgan fingerprint density at radius 2 is 1.88 bits per heavy atom. The molecule has 1 saturated heterocycles. The topological polar surface area (TPSA) is 58.1 Å². The summed E-state index contributed by atoms with van der Waals surface area (Å²) in [4.78, 5) is 23.2. The van der Waals surface area contributed by atoms with Gasteiger partial charge in [-0.15, -0.1) is 0 Å². The van der Waals surface area contributed by atoms with Crippen LogP contribution in [-0.4, -0.2) is 29.0 Å². The van der Waals surface area contributed by atoms with Crippen molar-refractivity contribution in [3.05, 3.63) is 46.2 Å². The molecule has 0 spiro atoms. The minimum atomic E-state index is -0.317. The molecule has 24 heavy (non-hydrogen) atoms. The molecule has 0 saturated carbocycles. The maximum absolute atomic E-state index is 12.4. The van der Waals surface area contributed by atoms with Crippen molar-refractivity contribution in [2.24, 2.45) is 5.92 Å². The van der Waals surface area contributed by atoms with Crippen molar-refractivity contribution in [1.29, 1.82) is 0 Å². The lowest BCUT2D eigenvalue weighted by Gasteiger charge is -2.30. The van der Waals surface area contributed by atoms with Crippen molar-refractivity contribution in [3.63, 3.8) is 0 Å². The first-order valence-electron chi connectivity index (χ1n) is 7.87. The van der Waals surface area contributed by atoms with Gasteiger partial charge in [-0.05, 0) is 43.0 Å². The number of anilines is 2. The molecule has 7 heteroatoms. The van der Waals surface area contributed by atoms with Gasteiger partial charge in [0.1, 0.15) is 5.69 Å². The number of carbonyl (C=O) groups excluding carboxylic acids is 1. The third-order valence-electron chi connectivity index (χ3n) is 4.06. The van der Waals surface area contributed by atoms with Crippen LogP contribution in [0.3, 0.4) is 0 Å². The summed E-state index contributed by atoms with van der Waals surface area (Å²) in [5, 5.41) is 3.68. The summed E-state index contributed by atoms with van der Waals surface area (Å²) in [7, 11) is 0. The smallest absolute Gasteiger partial charge is 0.274 e. The first-order valence-corrected chi connectivity index (χ1v) is 8.62. The number of hydrogen-bond acceptors (Lipinski definition) is 4. The Balaban J connectivity index is 1.74. The van der Waals surface area contributed by atoms with E-state index >= 15 is 0 Å². The zero-order chi connectivity index (χ0) is 17.1. The van der Waals surface area contributed by atoms with Crippen LogP contribution in [0.1, 0.15) is 30.3 Å². The van der Waals surface area contributed by atoms with E-state index in [-0.39, 0.29) is 5.91 Å². The van der Waals surface area contributed by atoms with E-state index in [0.717, 1.165) is 31.8 Å². The number of halogens is 2. The summed E-state index contributed by atoms with van der Waals surface area (Å²) in [5.41, 5.74) is 0.846. The van der Waals surface area contributed by atoms with E-state index in [9.17, 15) is 4.79 Å². The second kappa shape index (κ2) is 7.36. The molecule has 1 fully saturated rings. The molecule has 2 aromatic rings. The second-order valence-corrected chi connectivity index (χ2v) is 6.90. The lowest BCUT2D eigenvalue weighted by atomic mass is 10.00. The SMILES string of the molecule is CC1CCN(c2nccc(C(=O)Nc3cc(Cl)cc(Cl)c3)n2)CC1. The van der Waals surface area contributed by atoms with Gasteiger partial charge in [-0.25, -0.2) is 9.97 Å². The van der Waals surface area contributed by atoms with Gasteiger partial charge < -0.3 is 10.2 Å². The van der Waals surface area contributed by atoms with Crippen LogP contribution in [0, 0.1) is 5.92 Å². The van der Waals surface area contributed by atoms with Crippen LogP contribution in [-0.2, 0) is 0 Å². The molecule has 126 valence electrons. The number of amides is 1. The summed E-state index contributed by atoms with van der Waals surface area (Å²) in [5.74, 6) is 1.00. The number of rotatable bonds is 3. The molecule has 0 aliphatic carbocycles. The molecule has 1 aliphatic heterocycles. The van der Waals surface area contributed by atoms with Crippen LogP contribution < -0.4 is 10.2 Å². The van der Waals surface area contributed by atoms with Gasteiger partial charge in [0.25, 0.3) is 5.91 Å². The highest BCUT2D eigenvalue weighted by Gasteiger charge is 2.19. The Kier molecular flexibility index (Phi) is 5.21. The Labute approximate surface area is 151 Å². The van der Waals surface area contributed by atoms with Gasteiger partial charge in [0.15, 0.2) is 0 Å². The van der Waals surface area contributed by atoms with Gasteiger partial charge in [-0.3, -0.25) is 4.79 Å². The molecule has 1 aliphatic rings. The molecule has 1 aromatic heterocycles. The van der Waals surface area contributed by atoms with Gasteiger partial charge in [-0.1, -0.05) is 30.1 Å². The van der Waals surface area contributed by atoms with Crippen LogP contribution in [0.15, 0.2) is 30.5 Å². The molecular weight excluding hydrogens is 347 g/mol. The first-order chi connectivity index (χ1) is 11.5. The fourth-order valence-corrected chi connectivity index (χ4v) is 3.18. The predicted octanol–water partition coefficient (Wildman–Crippen LogP) is 4.27. The van der Waals surface area contributed by atoms with E-state index in [1.54, 1.807) is 30.5 Å². The highest BCUT2D eigenvalue weighted by atomic mass is 35.5. The summed E-state index contributed by atoms with van der Waals surface area (Å²) < 4.78 is 0. The summed E-state index contributed by atoms with van der Waals surface area (Å²) in [6, 6.07) is 6.48. The number of hydrogen-bond donors (Lipinski definition) is 1. The average molecular weight is 365 g/mol. The van der Waals surface area contributed by atoms with Gasteiger partial charge in [0, 0.05) is 35.0 Å². The number of nitrogens with one attached hydrogen (secondary N) is 1. The van der Waals surface area contributed by atoms with Crippen molar-refractivity contribution in [1.82, 2.24) is 9.97 Å². The van der Waals surface area contributed by atoms with Crippen LogP contribution >= 0.6 is 23.2 Å².